The van der Waals surface area contributed by atoms with Gasteiger partial charge < -0.3 is 10.2 Å². The van der Waals surface area contributed by atoms with Crippen molar-refractivity contribution in [3.8, 4) is 11.5 Å². The van der Waals surface area contributed by atoms with E-state index in [2.05, 4.69) is 64.4 Å². The van der Waals surface area contributed by atoms with Crippen LogP contribution in [0, 0.1) is 18.4 Å². The first-order chi connectivity index (χ1) is 17.0. The number of nitrogens with zero attached hydrogens (tertiary/aromatic N) is 2. The van der Waals surface area contributed by atoms with E-state index in [0.717, 1.165) is 33.3 Å². The molecular weight excluding hydrogens is 462 g/mol. The number of anilines is 1. The summed E-state index contributed by atoms with van der Waals surface area (Å²) < 4.78 is 1.69. The molecule has 1 spiro atoms. The third-order valence-electron chi connectivity index (χ3n) is 8.51. The summed E-state index contributed by atoms with van der Waals surface area (Å²) in [6.45, 7) is 15.8. The summed E-state index contributed by atoms with van der Waals surface area (Å²) in [5.41, 5.74) is 8.96. The number of rotatable bonds is 3. The maximum atomic E-state index is 13.8. The van der Waals surface area contributed by atoms with Crippen LogP contribution in [0.4, 0.5) is 10.5 Å². The molecule has 1 unspecified atom stereocenters. The van der Waals surface area contributed by atoms with Gasteiger partial charge in [0.2, 0.25) is 0 Å². The first kappa shape index (κ1) is 24.4. The van der Waals surface area contributed by atoms with Gasteiger partial charge in [-0.05, 0) is 47.3 Å². The largest absolute Gasteiger partial charge is 0.328 e. The Balaban J connectivity index is 1.81. The van der Waals surface area contributed by atoms with E-state index in [9.17, 15) is 9.59 Å². The number of carbonyl (C=O) groups is 2. The minimum Gasteiger partial charge on any atom is -0.315 e. The number of fused-ring (bicyclic) bond motifs is 3. The molecule has 0 fully saturated rings. The van der Waals surface area contributed by atoms with Crippen molar-refractivity contribution in [3.63, 3.8) is 0 Å². The average molecular weight is 498 g/mol. The minimum atomic E-state index is -1.99. The molecular formula is C30H35N3O2Si. The van der Waals surface area contributed by atoms with Gasteiger partial charge in [-0.2, -0.15) is 0 Å². The first-order valence-electron chi connectivity index (χ1n) is 12.9. The Morgan fingerprint density at radius 1 is 0.917 bits per heavy atom. The van der Waals surface area contributed by atoms with E-state index in [-0.39, 0.29) is 11.9 Å². The van der Waals surface area contributed by atoms with Crippen LogP contribution >= 0.6 is 0 Å². The van der Waals surface area contributed by atoms with Crippen LogP contribution in [0.1, 0.15) is 63.9 Å². The molecule has 1 N–H and O–H groups in total. The number of benzene rings is 2. The molecule has 2 amide bonds. The number of aryl methyl sites for hydroxylation is 1. The lowest BCUT2D eigenvalue weighted by Crippen LogP contribution is -2.57. The van der Waals surface area contributed by atoms with Gasteiger partial charge in [-0.3, -0.25) is 9.36 Å². The number of hydrogen-bond donors (Lipinski definition) is 1. The zero-order valence-corrected chi connectivity index (χ0v) is 23.5. The van der Waals surface area contributed by atoms with Gasteiger partial charge in [0, 0.05) is 29.2 Å². The van der Waals surface area contributed by atoms with E-state index >= 15 is 0 Å². The third-order valence-corrected chi connectivity index (χ3v) is 14.8. The van der Waals surface area contributed by atoms with E-state index < -0.39 is 13.6 Å². The molecule has 0 aliphatic carbocycles. The summed E-state index contributed by atoms with van der Waals surface area (Å²) in [5.74, 6) is 3.34. The Morgan fingerprint density at radius 2 is 1.56 bits per heavy atom. The van der Waals surface area contributed by atoms with E-state index in [4.69, 9.17) is 0 Å². The standard InChI is InChI=1S/C30H35N3O2Si/c1-18(2)36(19(3)4,20(5)6)14-13-23-17-22-15-21(7)16-25-27(22)33(23)29(35)31-30(25)24-11-9-10-12-26(24)32(8)28(30)34/h9-12,15-20H,1-8H3,(H,31,35). The molecule has 2 aromatic carbocycles. The van der Waals surface area contributed by atoms with Gasteiger partial charge in [-0.15, -0.1) is 5.54 Å². The zero-order chi connectivity index (χ0) is 26.2. The second-order valence-electron chi connectivity index (χ2n) is 11.3. The molecule has 0 bridgehead atoms. The summed E-state index contributed by atoms with van der Waals surface area (Å²) in [7, 11) is -0.219. The Hall–Kier alpha value is -3.30. The van der Waals surface area contributed by atoms with Gasteiger partial charge in [0.15, 0.2) is 5.54 Å². The lowest BCUT2D eigenvalue weighted by Gasteiger charge is -2.38. The van der Waals surface area contributed by atoms with Gasteiger partial charge in [0.25, 0.3) is 5.91 Å². The number of likely N-dealkylation sites (N-methyl/N-ethyl adjacent to an activating group) is 1. The molecule has 3 aromatic rings. The van der Waals surface area contributed by atoms with Crippen LogP contribution < -0.4 is 10.2 Å². The molecule has 0 saturated carbocycles. The Kier molecular flexibility index (Phi) is 5.49. The highest BCUT2D eigenvalue weighted by atomic mass is 28.3. The highest BCUT2D eigenvalue weighted by molar-refractivity contribution is 6.90. The molecule has 2 aliphatic heterocycles. The summed E-state index contributed by atoms with van der Waals surface area (Å²) in [6, 6.07) is 13.5. The molecule has 0 saturated heterocycles. The average Bonchev–Trinajstić information content (AvgIpc) is 3.27. The van der Waals surface area contributed by atoms with Gasteiger partial charge in [0.05, 0.1) is 5.52 Å². The van der Waals surface area contributed by atoms with Crippen molar-refractivity contribution in [2.45, 2.75) is 70.6 Å². The molecule has 186 valence electrons. The molecule has 2 aliphatic rings. The van der Waals surface area contributed by atoms with E-state index in [1.807, 2.05) is 43.3 Å². The predicted octanol–water partition coefficient (Wildman–Crippen LogP) is 6.31. The van der Waals surface area contributed by atoms with Crippen molar-refractivity contribution in [3.05, 3.63) is 64.8 Å². The van der Waals surface area contributed by atoms with Crippen LogP contribution in [-0.4, -0.2) is 31.6 Å². The van der Waals surface area contributed by atoms with Crippen molar-refractivity contribution in [2.24, 2.45) is 0 Å². The van der Waals surface area contributed by atoms with Gasteiger partial charge >= 0.3 is 6.03 Å². The van der Waals surface area contributed by atoms with Crippen LogP contribution in [0.15, 0.2) is 42.5 Å². The second kappa shape index (κ2) is 8.11. The van der Waals surface area contributed by atoms with Crippen molar-refractivity contribution in [1.29, 1.82) is 0 Å². The van der Waals surface area contributed by atoms with E-state index in [1.54, 1.807) is 16.5 Å². The smallest absolute Gasteiger partial charge is 0.315 e. The number of aromatic nitrogens is 1. The SMILES string of the molecule is Cc1cc2c3c(c1)cc(C#C[Si](C(C)C)(C(C)C)C(C)C)n3C(=O)NC21C(=O)N(C)c2ccccc21. The molecule has 36 heavy (non-hydrogen) atoms. The number of para-hydroxylation sites is 1. The van der Waals surface area contributed by atoms with Crippen LogP contribution in [0.5, 0.6) is 0 Å². The van der Waals surface area contributed by atoms with Crippen LogP contribution in [0.2, 0.25) is 16.6 Å². The van der Waals surface area contributed by atoms with Gasteiger partial charge in [0.1, 0.15) is 13.8 Å². The Morgan fingerprint density at radius 3 is 2.19 bits per heavy atom. The summed E-state index contributed by atoms with van der Waals surface area (Å²) >= 11 is 0. The monoisotopic (exact) mass is 497 g/mol. The summed E-state index contributed by atoms with van der Waals surface area (Å²) in [5, 5.41) is 4.08. The fourth-order valence-electron chi connectivity index (χ4n) is 6.92. The highest BCUT2D eigenvalue weighted by Crippen LogP contribution is 2.48. The first-order valence-corrected chi connectivity index (χ1v) is 15.1. The normalized spacial score (nSPS) is 18.9. The number of nitrogens with one attached hydrogen (secondary N) is 1. The maximum absolute atomic E-state index is 13.8. The topological polar surface area (TPSA) is 54.3 Å². The number of amides is 2. The van der Waals surface area contributed by atoms with Crippen LogP contribution in [0.3, 0.4) is 0 Å². The third kappa shape index (κ3) is 3.02. The highest BCUT2D eigenvalue weighted by Gasteiger charge is 2.55. The number of carbonyl (C=O) groups excluding carboxylic acids is 2. The Bertz CT molecular complexity index is 1470. The Labute approximate surface area is 214 Å². The van der Waals surface area contributed by atoms with Gasteiger partial charge in [-0.25, -0.2) is 4.79 Å². The molecule has 5 nitrogen and oxygen atoms in total. The maximum Gasteiger partial charge on any atom is 0.328 e. The number of hydrogen-bond acceptors (Lipinski definition) is 2. The minimum absolute atomic E-state index is 0.144. The van der Waals surface area contributed by atoms with Crippen LogP contribution in [0.25, 0.3) is 10.9 Å². The summed E-state index contributed by atoms with van der Waals surface area (Å²) in [6.07, 6.45) is 0. The van der Waals surface area contributed by atoms with Gasteiger partial charge in [-0.1, -0.05) is 71.7 Å². The molecule has 0 radical (unpaired) electrons. The molecule has 1 atom stereocenters. The van der Waals surface area contributed by atoms with Crippen molar-refractivity contribution in [1.82, 2.24) is 9.88 Å². The van der Waals surface area contributed by atoms with Crippen molar-refractivity contribution < 1.29 is 9.59 Å². The molecule has 5 rings (SSSR count). The van der Waals surface area contributed by atoms with E-state index in [0.29, 0.717) is 22.3 Å². The quantitative estimate of drug-likeness (QED) is 0.340. The van der Waals surface area contributed by atoms with Crippen molar-refractivity contribution >= 4 is 36.6 Å². The van der Waals surface area contributed by atoms with Crippen molar-refractivity contribution in [2.75, 3.05) is 11.9 Å². The second-order valence-corrected chi connectivity index (χ2v) is 16.9. The lowest BCUT2D eigenvalue weighted by atomic mass is 9.81. The fraction of sp³-hybridized carbons (Fsp3) is 0.400. The zero-order valence-electron chi connectivity index (χ0n) is 22.5. The lowest BCUT2D eigenvalue weighted by molar-refractivity contribution is -0.122. The molecule has 3 heterocycles. The van der Waals surface area contributed by atoms with E-state index in [1.165, 1.54) is 0 Å². The fourth-order valence-corrected chi connectivity index (χ4v) is 12.1. The predicted molar refractivity (Wildman–Crippen MR) is 149 cm³/mol. The van der Waals surface area contributed by atoms with Crippen LogP contribution in [-0.2, 0) is 10.3 Å². The summed E-state index contributed by atoms with van der Waals surface area (Å²) in [4.78, 5) is 29.3. The molecule has 1 aromatic heterocycles. The molecule has 6 heteroatoms.